The highest BCUT2D eigenvalue weighted by Gasteiger charge is 2.20. The van der Waals surface area contributed by atoms with E-state index in [2.05, 4.69) is 52.1 Å². The van der Waals surface area contributed by atoms with E-state index in [-0.39, 0.29) is 11.1 Å². The molecule has 0 aliphatic heterocycles. The zero-order valence-electron chi connectivity index (χ0n) is 19.7. The van der Waals surface area contributed by atoms with E-state index < -0.39 is 5.97 Å². The van der Waals surface area contributed by atoms with Crippen molar-refractivity contribution < 1.29 is 9.53 Å². The van der Waals surface area contributed by atoms with Crippen molar-refractivity contribution in [2.24, 2.45) is 5.41 Å². The Morgan fingerprint density at radius 3 is 2.47 bits per heavy atom. The number of rotatable bonds is 13. The summed E-state index contributed by atoms with van der Waals surface area (Å²) in [4.78, 5) is 12.3. The van der Waals surface area contributed by atoms with Crippen LogP contribution in [0.4, 0.5) is 5.69 Å². The predicted molar refractivity (Wildman–Crippen MR) is 128 cm³/mol. The van der Waals surface area contributed by atoms with Crippen molar-refractivity contribution in [2.45, 2.75) is 73.6 Å². The highest BCUT2D eigenvalue weighted by atomic mass is 16.5. The Balaban J connectivity index is 2.45. The highest BCUT2D eigenvalue weighted by Crippen LogP contribution is 2.27. The Hall–Kier alpha value is -2.36. The summed E-state index contributed by atoms with van der Waals surface area (Å²) in [5, 5.41) is 11.4. The molecule has 30 heavy (non-hydrogen) atoms. The van der Waals surface area contributed by atoms with Crippen molar-refractivity contribution in [1.82, 2.24) is 0 Å². The average Bonchev–Trinajstić information content (AvgIpc) is 2.67. The first-order valence-corrected chi connectivity index (χ1v) is 11.0. The maximum atomic E-state index is 12.3. The zero-order chi connectivity index (χ0) is 22.6. The summed E-state index contributed by atoms with van der Waals surface area (Å²) in [6, 6.07) is 7.37. The quantitative estimate of drug-likeness (QED) is 0.210. The van der Waals surface area contributed by atoms with Gasteiger partial charge in [-0.25, -0.2) is 4.79 Å². The van der Waals surface area contributed by atoms with E-state index in [4.69, 9.17) is 10.1 Å². The lowest BCUT2D eigenvalue weighted by molar-refractivity contribution is -0.136. The standard InChI is InChI=1S/C26H40N2O2/c1-7-28-23-16-9-8-15-22(23)24(27)25(29)30-19-18-26(5,6)17-11-14-21(4)13-10-12-20(2)3/h8-9,12,14-16,27-28H,7,10-11,13,17-19H2,1-6H3/b21-14+,27-24?. The van der Waals surface area contributed by atoms with Crippen LogP contribution < -0.4 is 5.32 Å². The van der Waals surface area contributed by atoms with Gasteiger partial charge in [0.2, 0.25) is 0 Å². The van der Waals surface area contributed by atoms with Crippen LogP contribution in [0.1, 0.15) is 79.2 Å². The molecule has 0 aromatic heterocycles. The summed E-state index contributed by atoms with van der Waals surface area (Å²) < 4.78 is 5.42. The van der Waals surface area contributed by atoms with Gasteiger partial charge in [-0.05, 0) is 71.3 Å². The maximum Gasteiger partial charge on any atom is 0.356 e. The third kappa shape index (κ3) is 9.91. The first-order chi connectivity index (χ1) is 14.2. The molecule has 0 atom stereocenters. The molecule has 1 aromatic rings. The van der Waals surface area contributed by atoms with Crippen molar-refractivity contribution in [3.63, 3.8) is 0 Å². The number of esters is 1. The number of ether oxygens (including phenoxy) is 1. The molecule has 0 aliphatic rings. The molecule has 1 aromatic carbocycles. The number of carbonyl (C=O) groups is 1. The fourth-order valence-electron chi connectivity index (χ4n) is 3.17. The number of anilines is 1. The molecule has 0 spiro atoms. The summed E-state index contributed by atoms with van der Waals surface area (Å²) in [6.45, 7) is 13.9. The zero-order valence-corrected chi connectivity index (χ0v) is 19.7. The molecule has 0 amide bonds. The molecular weight excluding hydrogens is 372 g/mol. The molecule has 0 fully saturated rings. The van der Waals surface area contributed by atoms with Crippen LogP contribution in [0.5, 0.6) is 0 Å². The molecule has 4 heteroatoms. The van der Waals surface area contributed by atoms with Gasteiger partial charge < -0.3 is 10.1 Å². The Morgan fingerprint density at radius 2 is 1.80 bits per heavy atom. The van der Waals surface area contributed by atoms with Gasteiger partial charge in [0, 0.05) is 17.8 Å². The summed E-state index contributed by atoms with van der Waals surface area (Å²) in [6.07, 6.45) is 9.70. The third-order valence-corrected chi connectivity index (χ3v) is 5.18. The molecule has 0 saturated carbocycles. The summed E-state index contributed by atoms with van der Waals surface area (Å²) in [5.41, 5.74) is 4.16. The number of para-hydroxylation sites is 1. The van der Waals surface area contributed by atoms with Crippen LogP contribution in [0.25, 0.3) is 0 Å². The van der Waals surface area contributed by atoms with E-state index in [0.717, 1.165) is 44.3 Å². The monoisotopic (exact) mass is 412 g/mol. The minimum Gasteiger partial charge on any atom is -0.461 e. The molecule has 4 nitrogen and oxygen atoms in total. The van der Waals surface area contributed by atoms with E-state index in [1.165, 1.54) is 11.1 Å². The van der Waals surface area contributed by atoms with Gasteiger partial charge in [-0.1, -0.05) is 55.3 Å². The second-order valence-electron chi connectivity index (χ2n) is 8.91. The smallest absolute Gasteiger partial charge is 0.356 e. The molecule has 0 radical (unpaired) electrons. The summed E-state index contributed by atoms with van der Waals surface area (Å²) >= 11 is 0. The normalized spacial score (nSPS) is 11.7. The average molecular weight is 413 g/mol. The number of benzene rings is 1. The third-order valence-electron chi connectivity index (χ3n) is 5.18. The van der Waals surface area contributed by atoms with Crippen molar-refractivity contribution in [3.05, 3.63) is 53.1 Å². The summed E-state index contributed by atoms with van der Waals surface area (Å²) in [7, 11) is 0. The van der Waals surface area contributed by atoms with Crippen LogP contribution in [0.2, 0.25) is 0 Å². The number of hydrogen-bond acceptors (Lipinski definition) is 4. The van der Waals surface area contributed by atoms with Crippen molar-refractivity contribution in [3.8, 4) is 0 Å². The van der Waals surface area contributed by atoms with E-state index in [1.54, 1.807) is 6.07 Å². The lowest BCUT2D eigenvalue weighted by Crippen LogP contribution is -2.22. The Bertz CT molecular complexity index is 756. The van der Waals surface area contributed by atoms with Gasteiger partial charge in [-0.2, -0.15) is 0 Å². The van der Waals surface area contributed by atoms with Crippen molar-refractivity contribution in [1.29, 1.82) is 5.41 Å². The molecule has 0 saturated heterocycles. The van der Waals surface area contributed by atoms with E-state index >= 15 is 0 Å². The number of allylic oxidation sites excluding steroid dienone is 4. The Morgan fingerprint density at radius 1 is 1.10 bits per heavy atom. The fourth-order valence-corrected chi connectivity index (χ4v) is 3.17. The lowest BCUT2D eigenvalue weighted by atomic mass is 9.84. The minimum atomic E-state index is -0.564. The van der Waals surface area contributed by atoms with Gasteiger partial charge >= 0.3 is 5.97 Å². The second kappa shape index (κ2) is 13.0. The Labute approximate surface area is 183 Å². The lowest BCUT2D eigenvalue weighted by Gasteiger charge is -2.24. The van der Waals surface area contributed by atoms with Crippen LogP contribution >= 0.6 is 0 Å². The van der Waals surface area contributed by atoms with Crippen LogP contribution in [-0.4, -0.2) is 24.8 Å². The molecule has 1 rings (SSSR count). The largest absolute Gasteiger partial charge is 0.461 e. The summed E-state index contributed by atoms with van der Waals surface area (Å²) in [5.74, 6) is -0.564. The van der Waals surface area contributed by atoms with Gasteiger partial charge in [-0.3, -0.25) is 5.41 Å². The van der Waals surface area contributed by atoms with Gasteiger partial charge in [0.05, 0.1) is 6.61 Å². The first kappa shape index (κ1) is 25.7. The van der Waals surface area contributed by atoms with Crippen LogP contribution in [0.15, 0.2) is 47.6 Å². The van der Waals surface area contributed by atoms with Crippen molar-refractivity contribution in [2.75, 3.05) is 18.5 Å². The fraction of sp³-hybridized carbons (Fsp3) is 0.538. The first-order valence-electron chi connectivity index (χ1n) is 11.0. The molecule has 2 N–H and O–H groups in total. The highest BCUT2D eigenvalue weighted by molar-refractivity contribution is 6.43. The van der Waals surface area contributed by atoms with Gasteiger partial charge in [-0.15, -0.1) is 0 Å². The minimum absolute atomic E-state index is 0.0842. The van der Waals surface area contributed by atoms with Gasteiger partial charge in [0.25, 0.3) is 0 Å². The maximum absolute atomic E-state index is 12.3. The molecule has 0 aliphatic carbocycles. The number of nitrogens with one attached hydrogen (secondary N) is 2. The molecule has 166 valence electrons. The van der Waals surface area contributed by atoms with Gasteiger partial charge in [0.15, 0.2) is 0 Å². The number of hydrogen-bond donors (Lipinski definition) is 2. The molecule has 0 bridgehead atoms. The molecule has 0 heterocycles. The van der Waals surface area contributed by atoms with Crippen molar-refractivity contribution >= 4 is 17.4 Å². The molecule has 0 unspecified atom stereocenters. The molecular formula is C26H40N2O2. The Kier molecular flexibility index (Phi) is 11.2. The second-order valence-corrected chi connectivity index (χ2v) is 8.91. The van der Waals surface area contributed by atoms with Gasteiger partial charge in [0.1, 0.15) is 5.71 Å². The van der Waals surface area contributed by atoms with E-state index in [9.17, 15) is 4.79 Å². The topological polar surface area (TPSA) is 62.2 Å². The van der Waals surface area contributed by atoms with Crippen LogP contribution in [0, 0.1) is 10.8 Å². The van der Waals surface area contributed by atoms with E-state index in [0.29, 0.717) is 12.2 Å². The predicted octanol–water partition coefficient (Wildman–Crippen LogP) is 6.92. The number of carbonyl (C=O) groups excluding carboxylic acids is 1. The van der Waals surface area contributed by atoms with Crippen LogP contribution in [0.3, 0.4) is 0 Å². The van der Waals surface area contributed by atoms with Crippen LogP contribution in [-0.2, 0) is 9.53 Å². The SMILES string of the molecule is CCNc1ccccc1C(=N)C(=O)OCCC(C)(C)CC/C=C(\C)CCC=C(C)C. The van der Waals surface area contributed by atoms with E-state index in [1.807, 2.05) is 25.1 Å².